The summed E-state index contributed by atoms with van der Waals surface area (Å²) in [6.45, 7) is 0. The zero-order valence-electron chi connectivity index (χ0n) is 11.0. The Morgan fingerprint density at radius 1 is 1.29 bits per heavy atom. The van der Waals surface area contributed by atoms with E-state index < -0.39 is 5.97 Å². The average molecular weight is 316 g/mol. The van der Waals surface area contributed by atoms with Crippen molar-refractivity contribution in [1.82, 2.24) is 9.97 Å². The zero-order valence-corrected chi connectivity index (χ0v) is 12.7. The number of fused-ring (bicyclic) bond motifs is 1. The fraction of sp³-hybridized carbons (Fsp3) is 0.133. The number of thiazole rings is 1. The molecule has 2 aromatic heterocycles. The van der Waals surface area contributed by atoms with Gasteiger partial charge in [-0.15, -0.1) is 11.3 Å². The van der Waals surface area contributed by atoms with E-state index in [1.54, 1.807) is 17.1 Å². The molecule has 0 aliphatic carbocycles. The Morgan fingerprint density at radius 2 is 2.14 bits per heavy atom. The molecule has 0 atom stereocenters. The lowest BCUT2D eigenvalue weighted by molar-refractivity contribution is -0.136. The van der Waals surface area contributed by atoms with Crippen molar-refractivity contribution in [1.29, 1.82) is 0 Å². The van der Waals surface area contributed by atoms with Crippen molar-refractivity contribution in [3.05, 3.63) is 53.2 Å². The van der Waals surface area contributed by atoms with Crippen LogP contribution in [0.3, 0.4) is 0 Å². The van der Waals surface area contributed by atoms with Crippen molar-refractivity contribution in [2.24, 2.45) is 0 Å². The SMILES string of the molecule is O=C(O)Cc1csc(SCc2ccnc3ccccc23)n1. The molecule has 0 radical (unpaired) electrons. The van der Waals surface area contributed by atoms with Crippen molar-refractivity contribution in [3.63, 3.8) is 0 Å². The number of carboxylic acids is 1. The summed E-state index contributed by atoms with van der Waals surface area (Å²) in [6.07, 6.45) is 1.80. The van der Waals surface area contributed by atoms with Gasteiger partial charge in [0.1, 0.15) is 4.34 Å². The standard InChI is InChI=1S/C15H12N2O2S2/c18-14(19)7-11-9-21-15(17-11)20-8-10-5-6-16-13-4-2-1-3-12(10)13/h1-6,9H,7-8H2,(H,18,19). The van der Waals surface area contributed by atoms with Crippen LogP contribution >= 0.6 is 23.1 Å². The number of aliphatic carboxylic acids is 1. The lowest BCUT2D eigenvalue weighted by atomic mass is 10.1. The van der Waals surface area contributed by atoms with Crippen molar-refractivity contribution in [2.45, 2.75) is 16.5 Å². The highest BCUT2D eigenvalue weighted by Crippen LogP contribution is 2.28. The number of benzene rings is 1. The average Bonchev–Trinajstić information content (AvgIpc) is 2.92. The minimum atomic E-state index is -0.850. The Labute approximate surface area is 129 Å². The summed E-state index contributed by atoms with van der Waals surface area (Å²) in [5, 5.41) is 11.7. The molecule has 0 unspecified atom stereocenters. The summed E-state index contributed by atoms with van der Waals surface area (Å²) in [5.74, 6) is -0.0553. The van der Waals surface area contributed by atoms with Gasteiger partial charge in [0.2, 0.25) is 0 Å². The number of nitrogens with zero attached hydrogens (tertiary/aromatic N) is 2. The molecule has 1 N–H and O–H groups in total. The lowest BCUT2D eigenvalue weighted by Crippen LogP contribution is -1.99. The van der Waals surface area contributed by atoms with Crippen LogP contribution in [-0.2, 0) is 17.0 Å². The van der Waals surface area contributed by atoms with Crippen LogP contribution in [0.1, 0.15) is 11.3 Å². The largest absolute Gasteiger partial charge is 0.481 e. The van der Waals surface area contributed by atoms with E-state index >= 15 is 0 Å². The molecule has 1 aromatic carbocycles. The molecule has 0 saturated carbocycles. The summed E-state index contributed by atoms with van der Waals surface area (Å²) in [5.41, 5.74) is 2.82. The van der Waals surface area contributed by atoms with Crippen LogP contribution in [0, 0.1) is 0 Å². The second-order valence-electron chi connectivity index (χ2n) is 4.45. The van der Waals surface area contributed by atoms with Crippen LogP contribution < -0.4 is 0 Å². The van der Waals surface area contributed by atoms with Crippen molar-refractivity contribution in [2.75, 3.05) is 0 Å². The van der Waals surface area contributed by atoms with Gasteiger partial charge in [-0.2, -0.15) is 0 Å². The third-order valence-corrected chi connectivity index (χ3v) is 5.07. The molecule has 0 fully saturated rings. The maximum absolute atomic E-state index is 10.7. The Balaban J connectivity index is 1.74. The first kappa shape index (κ1) is 14.0. The van der Waals surface area contributed by atoms with Gasteiger partial charge in [-0.25, -0.2) is 4.98 Å². The molecular formula is C15H12N2O2S2. The minimum absolute atomic E-state index is 0.0186. The predicted octanol–water partition coefficient (Wildman–Crippen LogP) is 3.61. The second kappa shape index (κ2) is 6.24. The van der Waals surface area contributed by atoms with Crippen LogP contribution in [0.5, 0.6) is 0 Å². The Morgan fingerprint density at radius 3 is 3.00 bits per heavy atom. The van der Waals surface area contributed by atoms with E-state index in [2.05, 4.69) is 16.0 Å². The molecule has 0 saturated heterocycles. The van der Waals surface area contributed by atoms with Gasteiger partial charge in [0.15, 0.2) is 0 Å². The molecule has 3 rings (SSSR count). The molecule has 4 nitrogen and oxygen atoms in total. The number of pyridine rings is 1. The third-order valence-electron chi connectivity index (χ3n) is 2.95. The fourth-order valence-electron chi connectivity index (χ4n) is 2.01. The normalized spacial score (nSPS) is 10.9. The molecule has 6 heteroatoms. The van der Waals surface area contributed by atoms with Crippen molar-refractivity contribution in [3.8, 4) is 0 Å². The van der Waals surface area contributed by atoms with E-state index in [9.17, 15) is 4.79 Å². The number of hydrogen-bond acceptors (Lipinski definition) is 5. The molecule has 21 heavy (non-hydrogen) atoms. The van der Waals surface area contributed by atoms with Gasteiger partial charge in [0.05, 0.1) is 17.6 Å². The Kier molecular flexibility index (Phi) is 4.17. The van der Waals surface area contributed by atoms with E-state index in [-0.39, 0.29) is 6.42 Å². The van der Waals surface area contributed by atoms with Gasteiger partial charge in [0.25, 0.3) is 0 Å². The maximum Gasteiger partial charge on any atom is 0.309 e. The van der Waals surface area contributed by atoms with Crippen molar-refractivity contribution >= 4 is 40.0 Å². The summed E-state index contributed by atoms with van der Waals surface area (Å²) in [6, 6.07) is 10.1. The molecular weight excluding hydrogens is 304 g/mol. The summed E-state index contributed by atoms with van der Waals surface area (Å²) >= 11 is 3.11. The van der Waals surface area contributed by atoms with E-state index in [1.165, 1.54) is 16.9 Å². The quantitative estimate of drug-likeness (QED) is 0.729. The maximum atomic E-state index is 10.7. The van der Waals surface area contributed by atoms with E-state index in [1.807, 2.05) is 30.5 Å². The van der Waals surface area contributed by atoms with Crippen LogP contribution in [0.4, 0.5) is 0 Å². The molecule has 0 aliphatic rings. The van der Waals surface area contributed by atoms with Gasteiger partial charge in [-0.3, -0.25) is 9.78 Å². The molecule has 0 bridgehead atoms. The molecule has 3 aromatic rings. The Hall–Kier alpha value is -1.92. The van der Waals surface area contributed by atoms with Gasteiger partial charge in [-0.1, -0.05) is 30.0 Å². The van der Waals surface area contributed by atoms with Crippen molar-refractivity contribution < 1.29 is 9.90 Å². The number of hydrogen-bond donors (Lipinski definition) is 1. The van der Waals surface area contributed by atoms with Crippen LogP contribution in [0.2, 0.25) is 0 Å². The predicted molar refractivity (Wildman–Crippen MR) is 84.8 cm³/mol. The lowest BCUT2D eigenvalue weighted by Gasteiger charge is -2.04. The molecule has 2 heterocycles. The van der Waals surface area contributed by atoms with Crippen LogP contribution in [0.15, 0.2) is 46.2 Å². The first-order chi connectivity index (χ1) is 10.2. The minimum Gasteiger partial charge on any atom is -0.481 e. The molecule has 0 spiro atoms. The fourth-order valence-corrected chi connectivity index (χ4v) is 3.86. The van der Waals surface area contributed by atoms with Gasteiger partial charge in [-0.05, 0) is 17.7 Å². The molecule has 106 valence electrons. The highest BCUT2D eigenvalue weighted by atomic mass is 32.2. The second-order valence-corrected chi connectivity index (χ2v) is 6.53. The first-order valence-corrected chi connectivity index (χ1v) is 8.20. The smallest absolute Gasteiger partial charge is 0.309 e. The van der Waals surface area contributed by atoms with Gasteiger partial charge >= 0.3 is 5.97 Å². The number of thioether (sulfide) groups is 1. The molecule has 0 amide bonds. The topological polar surface area (TPSA) is 63.1 Å². The van der Waals surface area contributed by atoms with E-state index in [4.69, 9.17) is 5.11 Å². The summed E-state index contributed by atoms with van der Waals surface area (Å²) in [7, 11) is 0. The molecule has 0 aliphatic heterocycles. The number of aromatic nitrogens is 2. The summed E-state index contributed by atoms with van der Waals surface area (Å²) in [4.78, 5) is 19.3. The third kappa shape index (κ3) is 3.40. The Bertz CT molecular complexity index is 781. The number of para-hydroxylation sites is 1. The highest BCUT2D eigenvalue weighted by molar-refractivity contribution is 8.00. The highest BCUT2D eigenvalue weighted by Gasteiger charge is 2.08. The van der Waals surface area contributed by atoms with Gasteiger partial charge < -0.3 is 5.11 Å². The monoisotopic (exact) mass is 316 g/mol. The van der Waals surface area contributed by atoms with E-state index in [0.29, 0.717) is 5.69 Å². The summed E-state index contributed by atoms with van der Waals surface area (Å²) < 4.78 is 0.896. The first-order valence-electron chi connectivity index (χ1n) is 6.34. The number of carboxylic acid groups (broad SMARTS) is 1. The van der Waals surface area contributed by atoms with Crippen LogP contribution in [-0.4, -0.2) is 21.0 Å². The zero-order chi connectivity index (χ0) is 14.7. The van der Waals surface area contributed by atoms with Gasteiger partial charge in [0, 0.05) is 22.7 Å². The number of carbonyl (C=O) groups is 1. The van der Waals surface area contributed by atoms with E-state index in [0.717, 1.165) is 21.0 Å². The van der Waals surface area contributed by atoms with Crippen LogP contribution in [0.25, 0.3) is 10.9 Å². The number of rotatable bonds is 5.